The van der Waals surface area contributed by atoms with Crippen LogP contribution in [0.2, 0.25) is 0 Å². The molecular weight excluding hydrogens is 162 g/mol. The van der Waals surface area contributed by atoms with Crippen LogP contribution in [0.3, 0.4) is 0 Å². The molecule has 0 aromatic heterocycles. The van der Waals surface area contributed by atoms with Crippen LogP contribution in [-0.2, 0) is 4.74 Å². The lowest BCUT2D eigenvalue weighted by molar-refractivity contribution is -0.000353. The Morgan fingerprint density at radius 1 is 1.31 bits per heavy atom. The van der Waals surface area contributed by atoms with E-state index in [1.807, 2.05) is 0 Å². The molecule has 0 unspecified atom stereocenters. The van der Waals surface area contributed by atoms with Gasteiger partial charge >= 0.3 is 0 Å². The lowest BCUT2D eigenvalue weighted by Gasteiger charge is -2.37. The first-order chi connectivity index (χ1) is 6.40. The third-order valence-corrected chi connectivity index (χ3v) is 3.58. The second-order valence-corrected chi connectivity index (χ2v) is 4.46. The summed E-state index contributed by atoms with van der Waals surface area (Å²) in [7, 11) is 0. The predicted molar refractivity (Wildman–Crippen MR) is 53.6 cm³/mol. The minimum Gasteiger partial charge on any atom is -0.366 e. The largest absolute Gasteiger partial charge is 0.366 e. The maximum Gasteiger partial charge on any atom is 0.0992 e. The van der Waals surface area contributed by atoms with Crippen LogP contribution in [0.4, 0.5) is 0 Å². The van der Waals surface area contributed by atoms with Crippen molar-refractivity contribution in [1.82, 2.24) is 4.90 Å². The number of piperidine rings is 1. The summed E-state index contributed by atoms with van der Waals surface area (Å²) in [5, 5.41) is 0. The molecular formula is C11H21NO. The molecule has 0 aromatic carbocycles. The van der Waals surface area contributed by atoms with Gasteiger partial charge in [0.1, 0.15) is 0 Å². The average Bonchev–Trinajstić information content (AvgIpc) is 2.41. The van der Waals surface area contributed by atoms with Crippen molar-refractivity contribution in [2.24, 2.45) is 5.92 Å². The fourth-order valence-corrected chi connectivity index (χ4v) is 2.60. The van der Waals surface area contributed by atoms with Gasteiger partial charge in [-0.05, 0) is 31.6 Å². The van der Waals surface area contributed by atoms with E-state index in [-0.39, 0.29) is 0 Å². The average molecular weight is 183 g/mol. The Kier molecular flexibility index (Phi) is 3.23. The van der Waals surface area contributed by atoms with Crippen LogP contribution in [-0.4, -0.2) is 30.8 Å². The summed E-state index contributed by atoms with van der Waals surface area (Å²) < 4.78 is 5.58. The summed E-state index contributed by atoms with van der Waals surface area (Å²) in [5.74, 6) is 0.929. The second-order valence-electron chi connectivity index (χ2n) is 4.46. The van der Waals surface area contributed by atoms with Crippen molar-refractivity contribution >= 4 is 0 Å². The summed E-state index contributed by atoms with van der Waals surface area (Å²) >= 11 is 0. The molecule has 2 nitrogen and oxygen atoms in total. The maximum atomic E-state index is 5.58. The van der Waals surface area contributed by atoms with E-state index in [1.165, 1.54) is 38.6 Å². The highest BCUT2D eigenvalue weighted by Gasteiger charge is 2.28. The minimum atomic E-state index is 0.838. The van der Waals surface area contributed by atoms with Crippen molar-refractivity contribution < 1.29 is 4.74 Å². The molecule has 2 aliphatic rings. The molecule has 0 aliphatic carbocycles. The van der Waals surface area contributed by atoms with Gasteiger partial charge in [0.2, 0.25) is 0 Å². The van der Waals surface area contributed by atoms with Gasteiger partial charge in [-0.15, -0.1) is 0 Å². The normalized spacial score (nSPS) is 36.7. The number of ether oxygens (including phenoxy) is 1. The van der Waals surface area contributed by atoms with Gasteiger partial charge in [-0.3, -0.25) is 4.90 Å². The van der Waals surface area contributed by atoms with Gasteiger partial charge in [0.05, 0.1) is 6.73 Å². The zero-order valence-corrected chi connectivity index (χ0v) is 8.67. The highest BCUT2D eigenvalue weighted by atomic mass is 16.5. The first-order valence-corrected chi connectivity index (χ1v) is 5.72. The highest BCUT2D eigenvalue weighted by Crippen LogP contribution is 2.27. The lowest BCUT2D eigenvalue weighted by atomic mass is 9.90. The Bertz CT molecular complexity index is 160. The Morgan fingerprint density at radius 3 is 3.08 bits per heavy atom. The fourth-order valence-electron chi connectivity index (χ4n) is 2.60. The summed E-state index contributed by atoms with van der Waals surface area (Å²) in [6, 6.07) is 0.838. The van der Waals surface area contributed by atoms with E-state index in [2.05, 4.69) is 11.8 Å². The number of fused-ring (bicyclic) bond motifs is 1. The molecule has 2 aliphatic heterocycles. The molecule has 13 heavy (non-hydrogen) atoms. The van der Waals surface area contributed by atoms with E-state index in [9.17, 15) is 0 Å². The quantitative estimate of drug-likeness (QED) is 0.618. The van der Waals surface area contributed by atoms with Crippen LogP contribution in [0.1, 0.15) is 39.0 Å². The van der Waals surface area contributed by atoms with Gasteiger partial charge in [-0.2, -0.15) is 0 Å². The van der Waals surface area contributed by atoms with Crippen LogP contribution in [0.5, 0.6) is 0 Å². The van der Waals surface area contributed by atoms with Crippen molar-refractivity contribution in [3.63, 3.8) is 0 Å². The van der Waals surface area contributed by atoms with E-state index in [4.69, 9.17) is 4.74 Å². The number of hydrogen-bond donors (Lipinski definition) is 0. The number of hydrogen-bond acceptors (Lipinski definition) is 2. The van der Waals surface area contributed by atoms with Crippen LogP contribution >= 0.6 is 0 Å². The zero-order chi connectivity index (χ0) is 9.10. The van der Waals surface area contributed by atoms with E-state index < -0.39 is 0 Å². The smallest absolute Gasteiger partial charge is 0.0992 e. The van der Waals surface area contributed by atoms with Gasteiger partial charge in [0.15, 0.2) is 0 Å². The standard InChI is InChI=1S/C11H21NO/c1-2-10-5-6-11-4-3-7-13-9-12(11)8-10/h10-11H,2-9H2,1H3/t10-,11+/m1/s1. The number of nitrogens with zero attached hydrogens (tertiary/aromatic N) is 1. The fraction of sp³-hybridized carbons (Fsp3) is 1.00. The molecule has 76 valence electrons. The number of rotatable bonds is 1. The topological polar surface area (TPSA) is 12.5 Å². The maximum absolute atomic E-state index is 5.58. The van der Waals surface area contributed by atoms with E-state index in [0.717, 1.165) is 25.3 Å². The van der Waals surface area contributed by atoms with Crippen molar-refractivity contribution in [3.05, 3.63) is 0 Å². The Hall–Kier alpha value is -0.0800. The first-order valence-electron chi connectivity index (χ1n) is 5.72. The summed E-state index contributed by atoms with van der Waals surface area (Å²) in [5.41, 5.74) is 0. The Morgan fingerprint density at radius 2 is 2.23 bits per heavy atom. The molecule has 0 aromatic rings. The summed E-state index contributed by atoms with van der Waals surface area (Å²) in [6.07, 6.45) is 6.80. The van der Waals surface area contributed by atoms with Gasteiger partial charge in [0.25, 0.3) is 0 Å². The molecule has 2 heterocycles. The molecule has 0 bridgehead atoms. The SMILES string of the molecule is CC[C@@H]1CC[C@@H]2CCCOCN2C1. The van der Waals surface area contributed by atoms with Crippen LogP contribution in [0.25, 0.3) is 0 Å². The molecule has 0 radical (unpaired) electrons. The lowest BCUT2D eigenvalue weighted by Crippen LogP contribution is -2.43. The molecule has 0 amide bonds. The van der Waals surface area contributed by atoms with Gasteiger partial charge in [-0.25, -0.2) is 0 Å². The molecule has 2 atom stereocenters. The molecule has 0 spiro atoms. The first kappa shape index (κ1) is 9.47. The zero-order valence-electron chi connectivity index (χ0n) is 8.67. The third-order valence-electron chi connectivity index (χ3n) is 3.58. The van der Waals surface area contributed by atoms with Gasteiger partial charge in [-0.1, -0.05) is 13.3 Å². The van der Waals surface area contributed by atoms with E-state index in [1.54, 1.807) is 0 Å². The van der Waals surface area contributed by atoms with Crippen molar-refractivity contribution in [3.8, 4) is 0 Å². The summed E-state index contributed by atoms with van der Waals surface area (Å²) in [6.45, 7) is 5.45. The van der Waals surface area contributed by atoms with E-state index >= 15 is 0 Å². The van der Waals surface area contributed by atoms with Gasteiger partial charge < -0.3 is 4.74 Å². The minimum absolute atomic E-state index is 0.838. The molecule has 0 N–H and O–H groups in total. The van der Waals surface area contributed by atoms with Crippen LogP contribution in [0.15, 0.2) is 0 Å². The highest BCUT2D eigenvalue weighted by molar-refractivity contribution is 4.80. The second kappa shape index (κ2) is 4.43. The van der Waals surface area contributed by atoms with Crippen molar-refractivity contribution in [2.45, 2.75) is 45.1 Å². The molecule has 2 rings (SSSR count). The van der Waals surface area contributed by atoms with Crippen LogP contribution < -0.4 is 0 Å². The molecule has 0 saturated carbocycles. The van der Waals surface area contributed by atoms with E-state index in [0.29, 0.717) is 0 Å². The van der Waals surface area contributed by atoms with Gasteiger partial charge in [0, 0.05) is 19.2 Å². The Labute approximate surface area is 81.3 Å². The van der Waals surface area contributed by atoms with Crippen molar-refractivity contribution in [2.75, 3.05) is 19.9 Å². The third kappa shape index (κ3) is 2.23. The Balaban J connectivity index is 1.91. The predicted octanol–water partition coefficient (Wildman–Crippen LogP) is 2.24. The molecule has 2 heteroatoms. The molecule has 2 saturated heterocycles. The monoisotopic (exact) mass is 183 g/mol. The van der Waals surface area contributed by atoms with Crippen molar-refractivity contribution in [1.29, 1.82) is 0 Å². The summed E-state index contributed by atoms with van der Waals surface area (Å²) in [4.78, 5) is 2.56. The van der Waals surface area contributed by atoms with Crippen LogP contribution in [0, 0.1) is 5.92 Å². The molecule has 2 fully saturated rings.